The first-order valence-corrected chi connectivity index (χ1v) is 10.8. The van der Waals surface area contributed by atoms with Crippen LogP contribution < -0.4 is 10.1 Å². The van der Waals surface area contributed by atoms with Crippen LogP contribution in [0, 0.1) is 0 Å². The Labute approximate surface area is 165 Å². The number of carbonyl (C=O) groups is 2. The number of imide groups is 1. The molecule has 0 saturated carbocycles. The quantitative estimate of drug-likeness (QED) is 0.664. The molecule has 154 valence electrons. The second-order valence-corrected chi connectivity index (χ2v) is 8.83. The molecule has 3 amide bonds. The third kappa shape index (κ3) is 4.13. The molecule has 10 heteroatoms. The first-order valence-electron chi connectivity index (χ1n) is 9.35. The van der Waals surface area contributed by atoms with Gasteiger partial charge in [-0.25, -0.2) is 18.1 Å². The van der Waals surface area contributed by atoms with E-state index in [2.05, 4.69) is 5.32 Å². The zero-order valence-electron chi connectivity index (χ0n) is 16.1. The molecule has 0 unspecified atom stereocenters. The average molecular weight is 410 g/mol. The normalized spacial score (nSPS) is 21.8. The first kappa shape index (κ1) is 20.6. The molecule has 0 spiro atoms. The van der Waals surface area contributed by atoms with E-state index in [0.29, 0.717) is 38.3 Å². The molecule has 9 nitrogen and oxygen atoms in total. The molecule has 1 atom stereocenters. The molecule has 2 heterocycles. The number of methoxy groups -OCH3 is 1. The van der Waals surface area contributed by atoms with Gasteiger partial charge in [-0.1, -0.05) is 13.3 Å². The van der Waals surface area contributed by atoms with E-state index >= 15 is 0 Å². The van der Waals surface area contributed by atoms with Crippen molar-refractivity contribution in [1.82, 2.24) is 19.4 Å². The fraction of sp³-hybridized carbons (Fsp3) is 0.556. The summed E-state index contributed by atoms with van der Waals surface area (Å²) >= 11 is 0. The van der Waals surface area contributed by atoms with Gasteiger partial charge in [0.15, 0.2) is 0 Å². The van der Waals surface area contributed by atoms with Gasteiger partial charge in [-0.05, 0) is 30.7 Å². The number of sulfonamides is 1. The standard InChI is InChI=1S/C18H26N4O5S/c1-3-4-16-17(23)22(18(24)19-16)13-20-9-11-21(12-10-20)28(25,26)15-7-5-14(27-2)6-8-15/h5-8,16H,3-4,9-13H2,1-2H3,(H,19,24)/t16-/m0/s1. The molecular formula is C18H26N4O5S. The van der Waals surface area contributed by atoms with Gasteiger partial charge in [0, 0.05) is 26.2 Å². The number of carbonyl (C=O) groups excluding carboxylic acids is 2. The summed E-state index contributed by atoms with van der Waals surface area (Å²) in [4.78, 5) is 27.8. The van der Waals surface area contributed by atoms with E-state index < -0.39 is 16.1 Å². The lowest BCUT2D eigenvalue weighted by Crippen LogP contribution is -2.52. The zero-order chi connectivity index (χ0) is 20.3. The second-order valence-electron chi connectivity index (χ2n) is 6.90. The maximum atomic E-state index is 12.8. The van der Waals surface area contributed by atoms with Crippen LogP contribution in [0.5, 0.6) is 5.75 Å². The van der Waals surface area contributed by atoms with E-state index in [4.69, 9.17) is 4.74 Å². The predicted molar refractivity (Wildman–Crippen MR) is 102 cm³/mol. The van der Waals surface area contributed by atoms with E-state index in [-0.39, 0.29) is 23.5 Å². The van der Waals surface area contributed by atoms with Crippen LogP contribution in [0.1, 0.15) is 19.8 Å². The molecule has 2 saturated heterocycles. The van der Waals surface area contributed by atoms with Crippen molar-refractivity contribution in [2.75, 3.05) is 40.0 Å². The third-order valence-corrected chi connectivity index (χ3v) is 6.97. The highest BCUT2D eigenvalue weighted by Crippen LogP contribution is 2.21. The Morgan fingerprint density at radius 1 is 1.11 bits per heavy atom. The average Bonchev–Trinajstić information content (AvgIpc) is 2.96. The molecule has 28 heavy (non-hydrogen) atoms. The summed E-state index contributed by atoms with van der Waals surface area (Å²) in [6, 6.07) is 5.47. The minimum Gasteiger partial charge on any atom is -0.497 e. The van der Waals surface area contributed by atoms with Crippen LogP contribution in [0.15, 0.2) is 29.2 Å². The number of ether oxygens (including phenoxy) is 1. The van der Waals surface area contributed by atoms with Gasteiger partial charge in [0.1, 0.15) is 11.8 Å². The lowest BCUT2D eigenvalue weighted by Gasteiger charge is -2.35. The highest BCUT2D eigenvalue weighted by atomic mass is 32.2. The smallest absolute Gasteiger partial charge is 0.325 e. The summed E-state index contributed by atoms with van der Waals surface area (Å²) in [6.07, 6.45) is 1.43. The number of benzene rings is 1. The van der Waals surface area contributed by atoms with Crippen LogP contribution in [0.3, 0.4) is 0 Å². The summed E-state index contributed by atoms with van der Waals surface area (Å²) in [6.45, 7) is 3.65. The van der Waals surface area contributed by atoms with Crippen molar-refractivity contribution in [1.29, 1.82) is 0 Å². The molecule has 2 aliphatic heterocycles. The largest absolute Gasteiger partial charge is 0.497 e. The van der Waals surface area contributed by atoms with Crippen LogP contribution in [0.4, 0.5) is 4.79 Å². The predicted octanol–water partition coefficient (Wildman–Crippen LogP) is 0.680. The topological polar surface area (TPSA) is 99.3 Å². The highest BCUT2D eigenvalue weighted by Gasteiger charge is 2.39. The highest BCUT2D eigenvalue weighted by molar-refractivity contribution is 7.89. The molecule has 3 rings (SSSR count). The number of nitrogens with zero attached hydrogens (tertiary/aromatic N) is 3. The van der Waals surface area contributed by atoms with Gasteiger partial charge in [-0.3, -0.25) is 9.69 Å². The zero-order valence-corrected chi connectivity index (χ0v) is 16.9. The molecule has 1 aromatic carbocycles. The van der Waals surface area contributed by atoms with E-state index in [9.17, 15) is 18.0 Å². The van der Waals surface area contributed by atoms with Crippen molar-refractivity contribution in [3.63, 3.8) is 0 Å². The number of amides is 3. The number of nitrogens with one attached hydrogen (secondary N) is 1. The molecule has 2 fully saturated rings. The van der Waals surface area contributed by atoms with Gasteiger partial charge in [0.25, 0.3) is 5.91 Å². The van der Waals surface area contributed by atoms with Crippen LogP contribution in [-0.2, 0) is 14.8 Å². The molecule has 2 aliphatic rings. The van der Waals surface area contributed by atoms with Crippen molar-refractivity contribution < 1.29 is 22.7 Å². The van der Waals surface area contributed by atoms with Crippen molar-refractivity contribution in [2.24, 2.45) is 0 Å². The summed E-state index contributed by atoms with van der Waals surface area (Å²) < 4.78 is 32.1. The number of urea groups is 1. The van der Waals surface area contributed by atoms with E-state index in [1.54, 1.807) is 12.1 Å². The number of rotatable bonds is 7. The van der Waals surface area contributed by atoms with Crippen LogP contribution in [0.25, 0.3) is 0 Å². The van der Waals surface area contributed by atoms with E-state index in [1.165, 1.54) is 28.4 Å². The van der Waals surface area contributed by atoms with Gasteiger partial charge in [0.2, 0.25) is 10.0 Å². The lowest BCUT2D eigenvalue weighted by molar-refractivity contribution is -0.129. The van der Waals surface area contributed by atoms with Crippen LogP contribution in [-0.4, -0.2) is 80.5 Å². The minimum absolute atomic E-state index is 0.182. The Bertz CT molecular complexity index is 819. The minimum atomic E-state index is -3.58. The second kappa shape index (κ2) is 8.46. The Kier molecular flexibility index (Phi) is 6.21. The number of hydrogen-bond acceptors (Lipinski definition) is 6. The van der Waals surface area contributed by atoms with E-state index in [0.717, 1.165) is 6.42 Å². The van der Waals surface area contributed by atoms with Gasteiger partial charge in [-0.15, -0.1) is 0 Å². The summed E-state index contributed by atoms with van der Waals surface area (Å²) in [5.74, 6) is 0.388. The lowest BCUT2D eigenvalue weighted by atomic mass is 10.2. The summed E-state index contributed by atoms with van der Waals surface area (Å²) in [5.41, 5.74) is 0. The first-order chi connectivity index (χ1) is 13.4. The number of piperazine rings is 1. The van der Waals surface area contributed by atoms with Crippen molar-refractivity contribution >= 4 is 22.0 Å². The monoisotopic (exact) mass is 410 g/mol. The van der Waals surface area contributed by atoms with E-state index in [1.807, 2.05) is 11.8 Å². The molecule has 0 radical (unpaired) electrons. The van der Waals surface area contributed by atoms with Crippen molar-refractivity contribution in [3.05, 3.63) is 24.3 Å². The van der Waals surface area contributed by atoms with Crippen LogP contribution >= 0.6 is 0 Å². The Hall–Kier alpha value is -2.17. The molecule has 0 aromatic heterocycles. The maximum absolute atomic E-state index is 12.8. The van der Waals surface area contributed by atoms with Crippen molar-refractivity contribution in [2.45, 2.75) is 30.7 Å². The fourth-order valence-electron chi connectivity index (χ4n) is 3.40. The summed E-state index contributed by atoms with van der Waals surface area (Å²) in [7, 11) is -2.06. The number of hydrogen-bond donors (Lipinski definition) is 1. The third-order valence-electron chi connectivity index (χ3n) is 5.05. The Balaban J connectivity index is 1.58. The molecule has 1 aromatic rings. The summed E-state index contributed by atoms with van der Waals surface area (Å²) in [5, 5.41) is 2.70. The fourth-order valence-corrected chi connectivity index (χ4v) is 4.83. The van der Waals surface area contributed by atoms with Crippen molar-refractivity contribution in [3.8, 4) is 5.75 Å². The van der Waals surface area contributed by atoms with Gasteiger partial charge in [0.05, 0.1) is 18.7 Å². The Morgan fingerprint density at radius 2 is 1.75 bits per heavy atom. The van der Waals surface area contributed by atoms with Gasteiger partial charge < -0.3 is 10.1 Å². The molecule has 0 bridgehead atoms. The van der Waals surface area contributed by atoms with Gasteiger partial charge >= 0.3 is 6.03 Å². The van der Waals surface area contributed by atoms with Gasteiger partial charge in [-0.2, -0.15) is 4.31 Å². The Morgan fingerprint density at radius 3 is 2.32 bits per heavy atom. The van der Waals surface area contributed by atoms with Crippen LogP contribution in [0.2, 0.25) is 0 Å². The molecule has 0 aliphatic carbocycles. The molecule has 1 N–H and O–H groups in total. The molecular weight excluding hydrogens is 384 g/mol. The SMILES string of the molecule is CCC[C@@H]1NC(=O)N(CN2CCN(S(=O)(=O)c3ccc(OC)cc3)CC2)C1=O. The maximum Gasteiger partial charge on any atom is 0.325 e.